The molecule has 0 aromatic heterocycles. The number of cyclic esters (lactones) is 1. The Morgan fingerprint density at radius 3 is 2.88 bits per heavy atom. The molecule has 1 aliphatic heterocycles. The van der Waals surface area contributed by atoms with Gasteiger partial charge >= 0.3 is 17.7 Å². The van der Waals surface area contributed by atoms with Gasteiger partial charge < -0.3 is 19.7 Å². The van der Waals surface area contributed by atoms with E-state index < -0.39 is 17.7 Å². The molecule has 0 bridgehead atoms. The van der Waals surface area contributed by atoms with Crippen LogP contribution in [0.1, 0.15) is 25.7 Å². The highest BCUT2D eigenvalue weighted by Gasteiger charge is 2.43. The van der Waals surface area contributed by atoms with Crippen molar-refractivity contribution in [3.63, 3.8) is 0 Å². The van der Waals surface area contributed by atoms with E-state index in [0.717, 1.165) is 0 Å². The van der Waals surface area contributed by atoms with Gasteiger partial charge in [-0.3, -0.25) is 0 Å². The summed E-state index contributed by atoms with van der Waals surface area (Å²) in [6.07, 6.45) is 1.17. The van der Waals surface area contributed by atoms with Crippen molar-refractivity contribution in [1.29, 1.82) is 0 Å². The first-order valence-corrected chi connectivity index (χ1v) is 5.41. The first-order chi connectivity index (χ1) is 7.99. The summed E-state index contributed by atoms with van der Waals surface area (Å²) in [7, 11) is 0. The molecule has 1 fully saturated rings. The standard InChI is InChI=1S/C11H16O6/c1-8(4-6-12)9(13)17-11(15)5-2-3-7-16-10(11)14/h12,15H,1-7H2. The maximum Gasteiger partial charge on any atom is 0.379 e. The minimum atomic E-state index is -2.23. The molecular formula is C11H16O6. The van der Waals surface area contributed by atoms with Crippen LogP contribution in [0.5, 0.6) is 0 Å². The lowest BCUT2D eigenvalue weighted by atomic mass is 10.1. The Labute approximate surface area is 98.8 Å². The largest absolute Gasteiger partial charge is 0.461 e. The molecule has 1 heterocycles. The number of rotatable bonds is 4. The first kappa shape index (κ1) is 13.7. The monoisotopic (exact) mass is 244 g/mol. The van der Waals surface area contributed by atoms with E-state index in [-0.39, 0.29) is 31.6 Å². The fourth-order valence-electron chi connectivity index (χ4n) is 1.40. The third-order valence-electron chi connectivity index (χ3n) is 2.43. The molecule has 1 saturated heterocycles. The van der Waals surface area contributed by atoms with Crippen molar-refractivity contribution >= 4 is 11.9 Å². The zero-order valence-electron chi connectivity index (χ0n) is 9.48. The van der Waals surface area contributed by atoms with Crippen LogP contribution in [0, 0.1) is 0 Å². The topological polar surface area (TPSA) is 93.1 Å². The van der Waals surface area contributed by atoms with Gasteiger partial charge in [-0.25, -0.2) is 9.59 Å². The van der Waals surface area contributed by atoms with Gasteiger partial charge in [0.2, 0.25) is 0 Å². The van der Waals surface area contributed by atoms with Crippen LogP contribution in [-0.2, 0) is 19.1 Å². The average Bonchev–Trinajstić information content (AvgIpc) is 2.42. The Hall–Kier alpha value is -1.40. The third kappa shape index (κ3) is 3.54. The Morgan fingerprint density at radius 2 is 2.24 bits per heavy atom. The molecular weight excluding hydrogens is 228 g/mol. The summed E-state index contributed by atoms with van der Waals surface area (Å²) in [6, 6.07) is 0. The number of aliphatic hydroxyl groups excluding tert-OH is 1. The quantitative estimate of drug-likeness (QED) is 0.407. The summed E-state index contributed by atoms with van der Waals surface area (Å²) in [5, 5.41) is 18.5. The molecule has 0 aliphatic carbocycles. The van der Waals surface area contributed by atoms with E-state index in [1.165, 1.54) is 0 Å². The van der Waals surface area contributed by atoms with Crippen molar-refractivity contribution < 1.29 is 29.3 Å². The maximum absolute atomic E-state index is 11.5. The summed E-state index contributed by atoms with van der Waals surface area (Å²) in [4.78, 5) is 22.9. The van der Waals surface area contributed by atoms with Crippen molar-refractivity contribution in [3.8, 4) is 0 Å². The van der Waals surface area contributed by atoms with Crippen molar-refractivity contribution in [2.75, 3.05) is 13.2 Å². The van der Waals surface area contributed by atoms with Crippen LogP contribution in [0.15, 0.2) is 12.2 Å². The molecule has 1 rings (SSSR count). The number of carbonyl (C=O) groups is 2. The molecule has 96 valence electrons. The van der Waals surface area contributed by atoms with E-state index >= 15 is 0 Å². The van der Waals surface area contributed by atoms with Gasteiger partial charge in [-0.05, 0) is 12.8 Å². The molecule has 0 aromatic rings. The Morgan fingerprint density at radius 1 is 1.53 bits per heavy atom. The van der Waals surface area contributed by atoms with Gasteiger partial charge in [-0.15, -0.1) is 0 Å². The number of carbonyl (C=O) groups excluding carboxylic acids is 2. The number of hydrogen-bond donors (Lipinski definition) is 2. The summed E-state index contributed by atoms with van der Waals surface area (Å²) in [5.41, 5.74) is -0.00188. The van der Waals surface area contributed by atoms with Crippen LogP contribution in [-0.4, -0.2) is 41.2 Å². The molecule has 0 saturated carbocycles. The fraction of sp³-hybridized carbons (Fsp3) is 0.636. The number of ether oxygens (including phenoxy) is 2. The molecule has 0 aromatic carbocycles. The van der Waals surface area contributed by atoms with Crippen molar-refractivity contribution in [1.82, 2.24) is 0 Å². The Balaban J connectivity index is 2.66. The minimum Gasteiger partial charge on any atom is -0.461 e. The Kier molecular flexibility index (Phi) is 4.65. The lowest BCUT2D eigenvalue weighted by molar-refractivity contribution is -0.224. The highest BCUT2D eigenvalue weighted by molar-refractivity contribution is 5.90. The molecule has 2 N–H and O–H groups in total. The van der Waals surface area contributed by atoms with Crippen molar-refractivity contribution in [2.24, 2.45) is 0 Å². The van der Waals surface area contributed by atoms with Gasteiger partial charge in [0, 0.05) is 25.0 Å². The molecule has 1 unspecified atom stereocenters. The highest BCUT2D eigenvalue weighted by atomic mass is 16.7. The van der Waals surface area contributed by atoms with E-state index in [1.54, 1.807) is 0 Å². The predicted molar refractivity (Wildman–Crippen MR) is 56.7 cm³/mol. The highest BCUT2D eigenvalue weighted by Crippen LogP contribution is 2.23. The van der Waals surface area contributed by atoms with Crippen molar-refractivity contribution in [3.05, 3.63) is 12.2 Å². The van der Waals surface area contributed by atoms with E-state index in [9.17, 15) is 14.7 Å². The van der Waals surface area contributed by atoms with Crippen LogP contribution in [0.25, 0.3) is 0 Å². The first-order valence-electron chi connectivity index (χ1n) is 5.41. The third-order valence-corrected chi connectivity index (χ3v) is 2.43. The zero-order valence-corrected chi connectivity index (χ0v) is 9.48. The van der Waals surface area contributed by atoms with Crippen LogP contribution >= 0.6 is 0 Å². The van der Waals surface area contributed by atoms with Gasteiger partial charge in [-0.2, -0.15) is 0 Å². The summed E-state index contributed by atoms with van der Waals surface area (Å²) in [6.45, 7) is 3.34. The van der Waals surface area contributed by atoms with E-state index in [0.29, 0.717) is 12.8 Å². The smallest absolute Gasteiger partial charge is 0.379 e. The normalized spacial score (nSPS) is 24.7. The number of aliphatic hydroxyl groups is 2. The van der Waals surface area contributed by atoms with E-state index in [2.05, 4.69) is 6.58 Å². The second kappa shape index (κ2) is 5.79. The maximum atomic E-state index is 11.5. The second-order valence-corrected chi connectivity index (χ2v) is 3.84. The predicted octanol–water partition coefficient (Wildman–Crippen LogP) is -0.116. The van der Waals surface area contributed by atoms with E-state index in [1.807, 2.05) is 0 Å². The number of esters is 2. The van der Waals surface area contributed by atoms with Crippen LogP contribution in [0.2, 0.25) is 0 Å². The average molecular weight is 244 g/mol. The number of hydrogen-bond acceptors (Lipinski definition) is 6. The molecule has 6 nitrogen and oxygen atoms in total. The lowest BCUT2D eigenvalue weighted by Gasteiger charge is -2.23. The molecule has 6 heteroatoms. The van der Waals surface area contributed by atoms with Crippen LogP contribution in [0.4, 0.5) is 0 Å². The minimum absolute atomic E-state index is 0.00188. The summed E-state index contributed by atoms with van der Waals surface area (Å²) in [5.74, 6) is -4.09. The lowest BCUT2D eigenvalue weighted by Crippen LogP contribution is -2.43. The molecule has 0 amide bonds. The van der Waals surface area contributed by atoms with Gasteiger partial charge in [-0.1, -0.05) is 6.58 Å². The molecule has 1 atom stereocenters. The molecule has 17 heavy (non-hydrogen) atoms. The van der Waals surface area contributed by atoms with Gasteiger partial charge in [0.05, 0.1) is 6.61 Å². The van der Waals surface area contributed by atoms with Crippen molar-refractivity contribution in [2.45, 2.75) is 31.5 Å². The molecule has 0 spiro atoms. The fourth-order valence-corrected chi connectivity index (χ4v) is 1.40. The summed E-state index contributed by atoms with van der Waals surface area (Å²) < 4.78 is 9.43. The Bertz CT molecular complexity index is 324. The van der Waals surface area contributed by atoms with Gasteiger partial charge in [0.1, 0.15) is 0 Å². The second-order valence-electron chi connectivity index (χ2n) is 3.84. The zero-order chi connectivity index (χ0) is 12.9. The molecule has 1 aliphatic rings. The van der Waals surface area contributed by atoms with Crippen LogP contribution in [0.3, 0.4) is 0 Å². The van der Waals surface area contributed by atoms with Gasteiger partial charge in [0.15, 0.2) is 0 Å². The molecule has 0 radical (unpaired) electrons. The van der Waals surface area contributed by atoms with Gasteiger partial charge in [0.25, 0.3) is 0 Å². The SMILES string of the molecule is C=C(CCO)C(=O)OC1(O)CCCCOC1=O. The van der Waals surface area contributed by atoms with E-state index in [4.69, 9.17) is 14.6 Å². The van der Waals surface area contributed by atoms with Crippen LogP contribution < -0.4 is 0 Å². The summed E-state index contributed by atoms with van der Waals surface area (Å²) >= 11 is 0.